The van der Waals surface area contributed by atoms with Crippen LogP contribution in [-0.4, -0.2) is 87.5 Å². The maximum absolute atomic E-state index is 13.1. The molecule has 1 aliphatic heterocycles. The van der Waals surface area contributed by atoms with Gasteiger partial charge in [-0.05, 0) is 83.5 Å². The number of aliphatic hydroxyl groups is 5. The topological polar surface area (TPSA) is 149 Å². The highest BCUT2D eigenvalue weighted by Crippen LogP contribution is 2.23. The minimum Gasteiger partial charge on any atom is -0.394 e. The van der Waals surface area contributed by atoms with E-state index >= 15 is 0 Å². The molecule has 0 aromatic rings. The van der Waals surface area contributed by atoms with E-state index in [4.69, 9.17) is 9.47 Å². The molecule has 0 radical (unpaired) electrons. The van der Waals surface area contributed by atoms with Gasteiger partial charge < -0.3 is 40.3 Å². The van der Waals surface area contributed by atoms with Crippen molar-refractivity contribution in [3.05, 3.63) is 109 Å². The first kappa shape index (κ1) is 79.9. The summed E-state index contributed by atoms with van der Waals surface area (Å²) < 4.78 is 11.3. The van der Waals surface area contributed by atoms with Crippen LogP contribution in [0.4, 0.5) is 0 Å². The van der Waals surface area contributed by atoms with Gasteiger partial charge in [0, 0.05) is 6.42 Å². The quantitative estimate of drug-likeness (QED) is 0.0261. The standard InChI is InChI=1S/C76H133NO8/c1-3-5-7-9-11-13-15-17-19-21-23-25-26-27-28-29-30-31-32-33-34-35-36-37-38-39-40-41-42-43-44-46-48-50-52-54-56-58-60-62-64-66-72(80)77-69(68-84-76-75(83)74(82)73(81)71(67-78)85-76)70(79)65-63-61-59-57-55-53-51-49-47-45-24-22-20-18-16-14-12-10-8-6-4-2/h5,7,11,13,17,19,23,25,27-28,30-31,33-34,36-37,63,65,69-71,73-76,78-79,81-83H,3-4,6,8-10,12,14-16,18,20-22,24,26,29,32,35,38-62,64,66-68H2,1-2H3,(H,77,80)/b7-5-,13-11-,19-17-,25-23-,28-27-,31-30-,34-33-,37-36-,65-63+. The lowest BCUT2D eigenvalue weighted by Gasteiger charge is -2.40. The highest BCUT2D eigenvalue weighted by Gasteiger charge is 2.44. The van der Waals surface area contributed by atoms with Crippen molar-refractivity contribution in [2.45, 2.75) is 352 Å². The van der Waals surface area contributed by atoms with E-state index in [9.17, 15) is 30.3 Å². The molecule has 490 valence electrons. The number of amides is 1. The summed E-state index contributed by atoms with van der Waals surface area (Å²) in [5.41, 5.74) is 0. The second kappa shape index (κ2) is 63.9. The Balaban J connectivity index is 2.10. The van der Waals surface area contributed by atoms with Crippen LogP contribution in [0.5, 0.6) is 0 Å². The fourth-order valence-electron chi connectivity index (χ4n) is 10.8. The van der Waals surface area contributed by atoms with Gasteiger partial charge in [0.2, 0.25) is 5.91 Å². The molecule has 0 saturated carbocycles. The summed E-state index contributed by atoms with van der Waals surface area (Å²) in [7, 11) is 0. The molecule has 0 spiro atoms. The van der Waals surface area contributed by atoms with Gasteiger partial charge in [-0.25, -0.2) is 0 Å². The summed E-state index contributed by atoms with van der Waals surface area (Å²) in [6.07, 6.45) is 87.6. The van der Waals surface area contributed by atoms with Gasteiger partial charge in [-0.15, -0.1) is 0 Å². The largest absolute Gasteiger partial charge is 0.394 e. The van der Waals surface area contributed by atoms with E-state index < -0.39 is 49.5 Å². The van der Waals surface area contributed by atoms with Crippen LogP contribution < -0.4 is 5.32 Å². The fourth-order valence-corrected chi connectivity index (χ4v) is 10.8. The molecule has 0 aromatic heterocycles. The van der Waals surface area contributed by atoms with E-state index in [1.54, 1.807) is 6.08 Å². The van der Waals surface area contributed by atoms with E-state index in [1.807, 2.05) is 6.08 Å². The molecule has 1 saturated heterocycles. The van der Waals surface area contributed by atoms with Gasteiger partial charge in [0.05, 0.1) is 25.4 Å². The first-order valence-corrected chi connectivity index (χ1v) is 35.6. The number of unbranched alkanes of at least 4 members (excludes halogenated alkanes) is 35. The number of nitrogens with one attached hydrogen (secondary N) is 1. The van der Waals surface area contributed by atoms with Crippen molar-refractivity contribution in [1.82, 2.24) is 5.32 Å². The van der Waals surface area contributed by atoms with E-state index in [0.29, 0.717) is 6.42 Å². The number of rotatable bonds is 61. The Bertz CT molecular complexity index is 1710. The van der Waals surface area contributed by atoms with Crippen molar-refractivity contribution in [3.63, 3.8) is 0 Å². The Kier molecular flexibility index (Phi) is 60.0. The molecule has 1 fully saturated rings. The van der Waals surface area contributed by atoms with Gasteiger partial charge in [-0.2, -0.15) is 0 Å². The van der Waals surface area contributed by atoms with E-state index in [0.717, 1.165) is 89.9 Å². The number of hydrogen-bond acceptors (Lipinski definition) is 8. The molecule has 7 atom stereocenters. The van der Waals surface area contributed by atoms with Gasteiger partial charge in [0.25, 0.3) is 0 Å². The molecule has 1 rings (SSSR count). The average molecular weight is 1190 g/mol. The van der Waals surface area contributed by atoms with Gasteiger partial charge >= 0.3 is 0 Å². The van der Waals surface area contributed by atoms with Gasteiger partial charge in [0.1, 0.15) is 24.4 Å². The lowest BCUT2D eigenvalue weighted by molar-refractivity contribution is -0.302. The zero-order valence-electron chi connectivity index (χ0n) is 54.8. The van der Waals surface area contributed by atoms with Crippen molar-refractivity contribution in [3.8, 4) is 0 Å². The Morgan fingerprint density at radius 2 is 0.729 bits per heavy atom. The molecule has 85 heavy (non-hydrogen) atoms. The first-order valence-electron chi connectivity index (χ1n) is 35.6. The third-order valence-electron chi connectivity index (χ3n) is 16.4. The second-order valence-electron chi connectivity index (χ2n) is 24.3. The molecule has 0 bridgehead atoms. The lowest BCUT2D eigenvalue weighted by atomic mass is 9.99. The number of carbonyl (C=O) groups excluding carboxylic acids is 1. The Morgan fingerprint density at radius 3 is 1.08 bits per heavy atom. The second-order valence-corrected chi connectivity index (χ2v) is 24.3. The molecule has 1 heterocycles. The Hall–Kier alpha value is -3.15. The number of ether oxygens (including phenoxy) is 2. The van der Waals surface area contributed by atoms with Gasteiger partial charge in [0.15, 0.2) is 6.29 Å². The third kappa shape index (κ3) is 52.5. The molecule has 9 heteroatoms. The average Bonchev–Trinajstić information content (AvgIpc) is 3.68. The smallest absolute Gasteiger partial charge is 0.220 e. The van der Waals surface area contributed by atoms with Crippen molar-refractivity contribution in [2.75, 3.05) is 13.2 Å². The summed E-state index contributed by atoms with van der Waals surface area (Å²) in [5, 5.41) is 54.8. The van der Waals surface area contributed by atoms with Crippen molar-refractivity contribution < 1.29 is 39.8 Å². The molecular formula is C76H133NO8. The zero-order chi connectivity index (χ0) is 61.4. The molecule has 6 N–H and O–H groups in total. The summed E-state index contributed by atoms with van der Waals surface area (Å²) in [5.74, 6) is -0.176. The van der Waals surface area contributed by atoms with Crippen molar-refractivity contribution in [2.24, 2.45) is 0 Å². The van der Waals surface area contributed by atoms with E-state index in [1.165, 1.54) is 199 Å². The molecule has 0 aromatic carbocycles. The first-order chi connectivity index (χ1) is 41.8. The highest BCUT2D eigenvalue weighted by atomic mass is 16.7. The number of hydrogen-bond donors (Lipinski definition) is 6. The summed E-state index contributed by atoms with van der Waals surface area (Å²) in [6.45, 7) is 3.69. The predicted molar refractivity (Wildman–Crippen MR) is 364 cm³/mol. The molecule has 0 aliphatic carbocycles. The summed E-state index contributed by atoms with van der Waals surface area (Å²) in [4.78, 5) is 13.1. The minimum atomic E-state index is -1.57. The van der Waals surface area contributed by atoms with Gasteiger partial charge in [-0.3, -0.25) is 4.79 Å². The molecule has 9 nitrogen and oxygen atoms in total. The maximum atomic E-state index is 13.1. The van der Waals surface area contributed by atoms with Crippen LogP contribution in [0, 0.1) is 0 Å². The van der Waals surface area contributed by atoms with Crippen LogP contribution in [0.25, 0.3) is 0 Å². The van der Waals surface area contributed by atoms with Crippen LogP contribution in [0.3, 0.4) is 0 Å². The van der Waals surface area contributed by atoms with Crippen LogP contribution in [0.1, 0.15) is 309 Å². The highest BCUT2D eigenvalue weighted by molar-refractivity contribution is 5.76. The SMILES string of the molecule is CC/C=C\C/C=C\C/C=C\C/C=C\C/C=C\C/C=C\C/C=C\C/C=C\CCCCCCCCCCCCCCCCCCC(=O)NC(COC1OC(CO)C(O)C(O)C1O)C(O)/C=C/CCCCCCCCCCCCCCCCCCCCC. The Morgan fingerprint density at radius 1 is 0.412 bits per heavy atom. The maximum Gasteiger partial charge on any atom is 0.220 e. The zero-order valence-corrected chi connectivity index (χ0v) is 54.8. The fraction of sp³-hybridized carbons (Fsp3) is 0.750. The number of carbonyl (C=O) groups is 1. The molecule has 1 aliphatic rings. The van der Waals surface area contributed by atoms with Gasteiger partial charge in [-0.1, -0.05) is 329 Å². The monoisotopic (exact) mass is 1190 g/mol. The normalized spacial score (nSPS) is 18.8. The summed E-state index contributed by atoms with van der Waals surface area (Å²) >= 11 is 0. The van der Waals surface area contributed by atoms with Crippen LogP contribution >= 0.6 is 0 Å². The molecule has 1 amide bonds. The Labute approximate surface area is 523 Å². The molecular weight excluding hydrogens is 1050 g/mol. The molecule has 7 unspecified atom stereocenters. The predicted octanol–water partition coefficient (Wildman–Crippen LogP) is 19.6. The van der Waals surface area contributed by atoms with Crippen LogP contribution in [0.2, 0.25) is 0 Å². The van der Waals surface area contributed by atoms with E-state index in [2.05, 4.69) is 116 Å². The minimum absolute atomic E-state index is 0.176. The van der Waals surface area contributed by atoms with Crippen molar-refractivity contribution in [1.29, 1.82) is 0 Å². The van der Waals surface area contributed by atoms with Crippen LogP contribution in [-0.2, 0) is 14.3 Å². The summed E-state index contributed by atoms with van der Waals surface area (Å²) in [6, 6.07) is -0.811. The van der Waals surface area contributed by atoms with Crippen LogP contribution in [0.15, 0.2) is 109 Å². The van der Waals surface area contributed by atoms with E-state index in [-0.39, 0.29) is 12.5 Å². The number of allylic oxidation sites excluding steroid dienone is 17. The van der Waals surface area contributed by atoms with Crippen molar-refractivity contribution >= 4 is 5.91 Å². The number of aliphatic hydroxyl groups excluding tert-OH is 5. The lowest BCUT2D eigenvalue weighted by Crippen LogP contribution is -2.60. The third-order valence-corrected chi connectivity index (χ3v) is 16.4.